The molecule has 0 aliphatic carbocycles. The summed E-state index contributed by atoms with van der Waals surface area (Å²) in [5, 5.41) is 9.61. The quantitative estimate of drug-likeness (QED) is 0.240. The van der Waals surface area contributed by atoms with E-state index in [1.54, 1.807) is 67.1 Å². The molecule has 1 amide bonds. The van der Waals surface area contributed by atoms with Crippen LogP contribution in [0.5, 0.6) is 11.5 Å². The summed E-state index contributed by atoms with van der Waals surface area (Å²) in [6.07, 6.45) is -0.209. The zero-order chi connectivity index (χ0) is 28.2. The second kappa shape index (κ2) is 11.7. The van der Waals surface area contributed by atoms with Crippen LogP contribution in [-0.4, -0.2) is 40.0 Å². The molecule has 11 heteroatoms. The van der Waals surface area contributed by atoms with Crippen LogP contribution in [0.4, 0.5) is 5.69 Å². The summed E-state index contributed by atoms with van der Waals surface area (Å²) in [6, 6.07) is 19.0. The highest BCUT2D eigenvalue weighted by Gasteiger charge is 2.18. The predicted molar refractivity (Wildman–Crippen MR) is 154 cm³/mol. The van der Waals surface area contributed by atoms with Gasteiger partial charge in [0.2, 0.25) is 4.96 Å². The van der Waals surface area contributed by atoms with Crippen LogP contribution in [0.3, 0.4) is 0 Å². The van der Waals surface area contributed by atoms with Crippen LogP contribution >= 0.6 is 22.9 Å². The Morgan fingerprint density at radius 1 is 1.05 bits per heavy atom. The van der Waals surface area contributed by atoms with Gasteiger partial charge in [-0.05, 0) is 67.1 Å². The molecule has 5 aromatic rings. The first-order chi connectivity index (χ1) is 19.3. The van der Waals surface area contributed by atoms with Gasteiger partial charge in [0.15, 0.2) is 12.4 Å². The lowest BCUT2D eigenvalue weighted by Crippen LogP contribution is -2.21. The Kier molecular flexibility index (Phi) is 7.90. The normalized spacial score (nSPS) is 10.9. The minimum absolute atomic E-state index is 0.0244. The highest BCUT2D eigenvalue weighted by molar-refractivity contribution is 7.15. The Morgan fingerprint density at radius 3 is 2.58 bits per heavy atom. The smallest absolute Gasteiger partial charge is 0.296 e. The van der Waals surface area contributed by atoms with E-state index < -0.39 is 5.56 Å². The largest absolute Gasteiger partial charge is 0.496 e. The van der Waals surface area contributed by atoms with E-state index in [9.17, 15) is 14.4 Å². The van der Waals surface area contributed by atoms with Crippen molar-refractivity contribution in [1.82, 2.24) is 14.6 Å². The molecule has 202 valence electrons. The summed E-state index contributed by atoms with van der Waals surface area (Å²) in [5.41, 5.74) is 2.58. The summed E-state index contributed by atoms with van der Waals surface area (Å²) in [4.78, 5) is 42.7. The molecular formula is C29H23ClN4O5S. The highest BCUT2D eigenvalue weighted by atomic mass is 35.5. The zero-order valence-electron chi connectivity index (χ0n) is 21.5. The second-order valence-corrected chi connectivity index (χ2v) is 10.1. The van der Waals surface area contributed by atoms with Crippen molar-refractivity contribution in [2.75, 3.05) is 19.0 Å². The Hall–Kier alpha value is -4.54. The van der Waals surface area contributed by atoms with E-state index in [-0.39, 0.29) is 30.4 Å². The Balaban J connectivity index is 1.38. The molecule has 0 aliphatic heterocycles. The molecular weight excluding hydrogens is 552 g/mol. The predicted octanol–water partition coefficient (Wildman–Crippen LogP) is 5.23. The van der Waals surface area contributed by atoms with Gasteiger partial charge in [0.05, 0.1) is 19.2 Å². The van der Waals surface area contributed by atoms with Crippen molar-refractivity contribution in [2.45, 2.75) is 13.3 Å². The summed E-state index contributed by atoms with van der Waals surface area (Å²) in [6.45, 7) is 1.61. The average molecular weight is 575 g/mol. The molecule has 0 unspecified atom stereocenters. The maximum absolute atomic E-state index is 13.0. The molecule has 0 fully saturated rings. The monoisotopic (exact) mass is 574 g/mol. The molecule has 1 N–H and O–H groups in total. The Morgan fingerprint density at radius 2 is 1.82 bits per heavy atom. The number of halogens is 1. The topological polar surface area (TPSA) is 112 Å². The van der Waals surface area contributed by atoms with E-state index in [0.717, 1.165) is 5.56 Å². The molecule has 0 aliphatic rings. The first-order valence-electron chi connectivity index (χ1n) is 12.2. The number of thiazole rings is 1. The fourth-order valence-corrected chi connectivity index (χ4v) is 5.01. The van der Waals surface area contributed by atoms with Gasteiger partial charge in [-0.3, -0.25) is 14.4 Å². The minimum Gasteiger partial charge on any atom is -0.496 e. The maximum Gasteiger partial charge on any atom is 0.296 e. The number of para-hydroxylation sites is 1. The number of amides is 1. The van der Waals surface area contributed by atoms with Crippen LogP contribution in [0, 0.1) is 6.92 Å². The standard InChI is InChI=1S/C29H23ClN4O5S/c1-17-13-18(7-12-25(17)38-2)24(35)14-22-28(37)32-29-34(33-22)23(16-40-29)21-5-3-4-6-26(21)39-15-27(36)31-20-10-8-19(30)9-11-20/h3-13,16H,14-15H2,1-2H3,(H,31,36). The molecule has 0 spiro atoms. The number of carbonyl (C=O) groups excluding carboxylic acids is 2. The number of carbonyl (C=O) groups is 2. The van der Waals surface area contributed by atoms with Gasteiger partial charge in [0, 0.05) is 27.2 Å². The van der Waals surface area contributed by atoms with Crippen LogP contribution in [0.2, 0.25) is 5.02 Å². The number of hydrogen-bond acceptors (Lipinski definition) is 8. The van der Waals surface area contributed by atoms with Gasteiger partial charge < -0.3 is 14.8 Å². The number of fused-ring (bicyclic) bond motifs is 1. The summed E-state index contributed by atoms with van der Waals surface area (Å²) < 4.78 is 12.6. The van der Waals surface area contributed by atoms with Crippen molar-refractivity contribution in [3.05, 3.63) is 104 Å². The maximum atomic E-state index is 13.0. The van der Waals surface area contributed by atoms with E-state index in [4.69, 9.17) is 21.1 Å². The zero-order valence-corrected chi connectivity index (χ0v) is 23.1. The molecule has 2 heterocycles. The molecule has 40 heavy (non-hydrogen) atoms. The lowest BCUT2D eigenvalue weighted by Gasteiger charge is -2.12. The number of anilines is 1. The van der Waals surface area contributed by atoms with Crippen LogP contribution in [0.15, 0.2) is 76.9 Å². The lowest BCUT2D eigenvalue weighted by atomic mass is 10.0. The number of benzene rings is 3. The van der Waals surface area contributed by atoms with Gasteiger partial charge in [-0.2, -0.15) is 10.1 Å². The number of methoxy groups -OCH3 is 1. The summed E-state index contributed by atoms with van der Waals surface area (Å²) in [7, 11) is 1.56. The van der Waals surface area contributed by atoms with E-state index in [1.807, 2.05) is 19.1 Å². The van der Waals surface area contributed by atoms with Crippen molar-refractivity contribution in [3.8, 4) is 22.8 Å². The SMILES string of the molecule is COc1ccc(C(=O)Cc2nn3c(-c4ccccc4OCC(=O)Nc4ccc(Cl)cc4)csc3nc2=O)cc1C. The van der Waals surface area contributed by atoms with Crippen molar-refractivity contribution in [3.63, 3.8) is 0 Å². The van der Waals surface area contributed by atoms with E-state index in [1.165, 1.54) is 15.9 Å². The van der Waals surface area contributed by atoms with E-state index in [2.05, 4.69) is 15.4 Å². The fraction of sp³-hybridized carbons (Fsp3) is 0.138. The number of ketones is 1. The number of rotatable bonds is 9. The number of hydrogen-bond donors (Lipinski definition) is 1. The number of Topliss-reactive ketones (excluding diaryl/α,β-unsaturated/α-hetero) is 1. The third-order valence-corrected chi connectivity index (χ3v) is 7.11. The molecule has 0 atom stereocenters. The number of nitrogens with zero attached hydrogens (tertiary/aromatic N) is 3. The van der Waals surface area contributed by atoms with Crippen LogP contribution in [-0.2, 0) is 11.2 Å². The highest BCUT2D eigenvalue weighted by Crippen LogP contribution is 2.32. The van der Waals surface area contributed by atoms with Crippen molar-refractivity contribution >= 4 is 45.3 Å². The van der Waals surface area contributed by atoms with Crippen molar-refractivity contribution in [1.29, 1.82) is 0 Å². The summed E-state index contributed by atoms with van der Waals surface area (Å²) in [5.74, 6) is 0.513. The van der Waals surface area contributed by atoms with Crippen LogP contribution in [0.25, 0.3) is 16.2 Å². The van der Waals surface area contributed by atoms with Crippen molar-refractivity contribution in [2.24, 2.45) is 0 Å². The Bertz CT molecular complexity index is 1780. The molecule has 3 aromatic carbocycles. The molecule has 5 rings (SSSR count). The van der Waals surface area contributed by atoms with E-state index >= 15 is 0 Å². The number of aryl methyl sites for hydroxylation is 1. The number of aromatic nitrogens is 3. The number of nitrogens with one attached hydrogen (secondary N) is 1. The molecule has 0 saturated heterocycles. The minimum atomic E-state index is -0.560. The van der Waals surface area contributed by atoms with Gasteiger partial charge in [-0.1, -0.05) is 23.7 Å². The lowest BCUT2D eigenvalue weighted by molar-refractivity contribution is -0.118. The number of ether oxygens (including phenoxy) is 2. The first-order valence-corrected chi connectivity index (χ1v) is 13.4. The van der Waals surface area contributed by atoms with Gasteiger partial charge >= 0.3 is 0 Å². The average Bonchev–Trinajstić information content (AvgIpc) is 3.35. The fourth-order valence-electron chi connectivity index (χ4n) is 4.07. The van der Waals surface area contributed by atoms with E-state index in [0.29, 0.717) is 44.0 Å². The van der Waals surface area contributed by atoms with Gasteiger partial charge in [-0.25, -0.2) is 4.52 Å². The van der Waals surface area contributed by atoms with Crippen molar-refractivity contribution < 1.29 is 19.1 Å². The summed E-state index contributed by atoms with van der Waals surface area (Å²) >= 11 is 7.13. The molecule has 0 bridgehead atoms. The van der Waals surface area contributed by atoms with Gasteiger partial charge in [0.25, 0.3) is 11.5 Å². The third kappa shape index (κ3) is 5.88. The molecule has 9 nitrogen and oxygen atoms in total. The molecule has 2 aromatic heterocycles. The second-order valence-electron chi connectivity index (χ2n) is 8.80. The van der Waals surface area contributed by atoms with Gasteiger partial charge in [0.1, 0.15) is 17.2 Å². The molecule has 0 radical (unpaired) electrons. The first kappa shape index (κ1) is 27.0. The third-order valence-electron chi connectivity index (χ3n) is 6.04. The van der Waals surface area contributed by atoms with Crippen LogP contribution < -0.4 is 20.3 Å². The Labute approximate surface area is 238 Å². The molecule has 0 saturated carbocycles. The van der Waals surface area contributed by atoms with Crippen LogP contribution in [0.1, 0.15) is 21.6 Å². The van der Waals surface area contributed by atoms with Gasteiger partial charge in [-0.15, -0.1) is 11.3 Å².